The highest BCUT2D eigenvalue weighted by atomic mass is 16.4. The molecule has 1 unspecified atom stereocenters. The summed E-state index contributed by atoms with van der Waals surface area (Å²) in [5.74, 6) is -21.0. The van der Waals surface area contributed by atoms with E-state index < -0.39 is 194 Å². The van der Waals surface area contributed by atoms with Crippen LogP contribution >= 0.6 is 0 Å². The van der Waals surface area contributed by atoms with Gasteiger partial charge in [-0.3, -0.25) is 86.5 Å². The SMILES string of the molecule is CC(=O)C(NC(=O)[C@H](CC(=O)O)CC(=O)[C@H](Cc1ccccc1)NC(=O)[C@H](C)CC(=O)CN1C(=O)c2ccc3c4c(ccc(c24)C1=O)C(=O)N(CC(=O)N[C@@H](C)C(=O)C[C@@H](Cc1ccccc1)C(=O)N[C@@H](CC(=O)O)C(=O)C[C@H](C(=O)O)C(C)C)C3=O)C(C)C. The zero-order valence-corrected chi connectivity index (χ0v) is 50.7. The average Bonchev–Trinajstić information content (AvgIpc) is 0.715. The fourth-order valence-electron chi connectivity index (χ4n) is 11.0. The number of hydrogen-bond acceptors (Lipinski definition) is 16. The molecule has 4 aromatic rings. The molecule has 2 aliphatic rings. The number of carbonyl (C=O) groups is 16. The van der Waals surface area contributed by atoms with Crippen molar-refractivity contribution in [2.45, 2.75) is 124 Å². The Balaban J connectivity index is 1.11. The number of Topliss-reactive ketones (excluding diaryl/α,β-unsaturated/α-hetero) is 5. The van der Waals surface area contributed by atoms with E-state index in [9.17, 15) is 92.0 Å². The van der Waals surface area contributed by atoms with Crippen molar-refractivity contribution in [3.8, 4) is 0 Å². The minimum atomic E-state index is -1.65. The van der Waals surface area contributed by atoms with Gasteiger partial charge in [-0.25, -0.2) is 0 Å². The largest absolute Gasteiger partial charge is 0.481 e. The van der Waals surface area contributed by atoms with E-state index in [4.69, 9.17) is 0 Å². The van der Waals surface area contributed by atoms with Crippen molar-refractivity contribution in [3.63, 3.8) is 0 Å². The zero-order chi connectivity index (χ0) is 66.6. The molecule has 8 atom stereocenters. The Morgan fingerprint density at radius 1 is 0.444 bits per heavy atom. The minimum absolute atomic E-state index is 0.0787. The highest BCUT2D eigenvalue weighted by Crippen LogP contribution is 2.38. The summed E-state index contributed by atoms with van der Waals surface area (Å²) in [6, 6.07) is 16.4. The number of hydrogen-bond donors (Lipinski definition) is 7. The molecule has 0 aromatic heterocycles. The molecule has 2 aliphatic heterocycles. The van der Waals surface area contributed by atoms with Crippen molar-refractivity contribution in [2.24, 2.45) is 35.5 Å². The van der Waals surface area contributed by atoms with Gasteiger partial charge in [0.25, 0.3) is 23.6 Å². The smallest absolute Gasteiger partial charge is 0.307 e. The Labute approximate surface area is 517 Å². The molecule has 0 radical (unpaired) electrons. The van der Waals surface area contributed by atoms with Crippen molar-refractivity contribution in [1.29, 1.82) is 0 Å². The van der Waals surface area contributed by atoms with Crippen molar-refractivity contribution in [3.05, 3.63) is 118 Å². The van der Waals surface area contributed by atoms with Crippen LogP contribution in [0, 0.1) is 35.5 Å². The monoisotopic (exact) mass is 1240 g/mol. The number of nitrogens with one attached hydrogen (secondary N) is 4. The maximum atomic E-state index is 14.2. The summed E-state index contributed by atoms with van der Waals surface area (Å²) in [6.45, 7) is 8.66. The second-order valence-electron chi connectivity index (χ2n) is 23.5. The van der Waals surface area contributed by atoms with E-state index in [1.165, 1.54) is 45.0 Å². The summed E-state index contributed by atoms with van der Waals surface area (Å²) < 4.78 is 0. The number of carboxylic acid groups (broad SMARTS) is 3. The molecule has 7 N–H and O–H groups in total. The normalized spacial score (nSPS) is 15.4. The van der Waals surface area contributed by atoms with Crippen molar-refractivity contribution in [1.82, 2.24) is 31.1 Å². The van der Waals surface area contributed by atoms with Crippen LogP contribution in [-0.2, 0) is 70.4 Å². The van der Waals surface area contributed by atoms with Gasteiger partial charge in [-0.05, 0) is 73.9 Å². The number of nitrogens with zero attached hydrogens (tertiary/aromatic N) is 2. The summed E-state index contributed by atoms with van der Waals surface area (Å²) in [4.78, 5) is 215. The van der Waals surface area contributed by atoms with E-state index in [-0.39, 0.29) is 57.6 Å². The van der Waals surface area contributed by atoms with Gasteiger partial charge < -0.3 is 36.6 Å². The van der Waals surface area contributed by atoms with E-state index in [0.29, 0.717) is 20.9 Å². The molecule has 25 heteroatoms. The lowest BCUT2D eigenvalue weighted by molar-refractivity contribution is -0.146. The number of benzene rings is 4. The zero-order valence-electron chi connectivity index (χ0n) is 50.7. The highest BCUT2D eigenvalue weighted by molar-refractivity contribution is 6.34. The van der Waals surface area contributed by atoms with Gasteiger partial charge in [0.05, 0.1) is 55.4 Å². The maximum Gasteiger partial charge on any atom is 0.307 e. The molecule has 0 saturated carbocycles. The van der Waals surface area contributed by atoms with Crippen LogP contribution in [0.1, 0.15) is 140 Å². The fraction of sp³-hybridized carbons (Fsp3) is 0.415. The van der Waals surface area contributed by atoms with Crippen LogP contribution in [0.15, 0.2) is 84.9 Å². The van der Waals surface area contributed by atoms with Gasteiger partial charge in [-0.1, -0.05) is 95.3 Å². The Morgan fingerprint density at radius 2 is 0.889 bits per heavy atom. The fourth-order valence-corrected chi connectivity index (χ4v) is 11.0. The van der Waals surface area contributed by atoms with Gasteiger partial charge in [-0.15, -0.1) is 0 Å². The Bertz CT molecular complexity index is 3260. The quantitative estimate of drug-likeness (QED) is 0.0328. The Kier molecular flexibility index (Phi) is 23.3. The number of aliphatic carboxylic acids is 3. The molecule has 0 aliphatic carbocycles. The van der Waals surface area contributed by atoms with E-state index >= 15 is 0 Å². The van der Waals surface area contributed by atoms with Gasteiger partial charge in [0.2, 0.25) is 23.6 Å². The second kappa shape index (κ2) is 30.3. The molecule has 0 saturated heterocycles. The van der Waals surface area contributed by atoms with Gasteiger partial charge in [0.1, 0.15) is 6.54 Å². The summed E-state index contributed by atoms with van der Waals surface area (Å²) >= 11 is 0. The molecule has 0 fully saturated rings. The molecule has 4 aromatic carbocycles. The van der Waals surface area contributed by atoms with E-state index in [2.05, 4.69) is 21.3 Å². The van der Waals surface area contributed by atoms with Gasteiger partial charge in [-0.2, -0.15) is 0 Å². The third-order valence-corrected chi connectivity index (χ3v) is 15.9. The number of carbonyl (C=O) groups excluding carboxylic acids is 13. The third-order valence-electron chi connectivity index (χ3n) is 15.9. The van der Waals surface area contributed by atoms with Gasteiger partial charge in [0, 0.05) is 70.5 Å². The third kappa shape index (κ3) is 17.2. The predicted molar refractivity (Wildman–Crippen MR) is 319 cm³/mol. The van der Waals surface area contributed by atoms with Crippen LogP contribution in [-0.4, -0.2) is 156 Å². The highest BCUT2D eigenvalue weighted by Gasteiger charge is 2.42. The van der Waals surface area contributed by atoms with Crippen molar-refractivity contribution >= 4 is 105 Å². The molecule has 476 valence electrons. The van der Waals surface area contributed by atoms with E-state index in [0.717, 1.165) is 0 Å². The summed E-state index contributed by atoms with van der Waals surface area (Å²) in [5, 5.41) is 38.8. The van der Waals surface area contributed by atoms with Crippen molar-refractivity contribution in [2.75, 3.05) is 13.1 Å². The molecule has 0 bridgehead atoms. The lowest BCUT2D eigenvalue weighted by Crippen LogP contribution is -2.50. The summed E-state index contributed by atoms with van der Waals surface area (Å²) in [7, 11) is 0. The first-order valence-corrected chi connectivity index (χ1v) is 29.3. The standard InChI is InChI=1S/C65H72N6O19/c1-32(2)46(65(89)90)28-51(76)48(29-54(80)81)68-59(83)39(23-37-14-10-8-11-15-37)25-49(74)35(6)66-52(77)31-71-63(87)44-20-18-42-55-43(19-21-45(56(44)55)64(71)88)62(86)70(61(42)85)30-41(73)22-34(5)58(82)67-47(24-38-16-12-9-13-17-38)50(75)26-40(27-53(78)79)60(84)69-57(33(3)4)36(7)72/h8-21,32-35,39-40,46-48,57H,22-31H2,1-7H3,(H,66,77)(H,67,82)(H,68,83)(H,69,84)(H,78,79)(H,80,81)(H,89,90)/t34-,35+,39-,40+,46+,47+,48+,57?/m1/s1. The molecule has 6 rings (SSSR count). The van der Waals surface area contributed by atoms with Crippen LogP contribution in [0.3, 0.4) is 0 Å². The number of imide groups is 2. The minimum Gasteiger partial charge on any atom is -0.481 e. The number of amides is 8. The second-order valence-corrected chi connectivity index (χ2v) is 23.5. The first-order valence-electron chi connectivity index (χ1n) is 29.3. The Hall–Kier alpha value is -9.94. The molecular formula is C65H72N6O19. The van der Waals surface area contributed by atoms with Crippen LogP contribution in [0.25, 0.3) is 10.8 Å². The topological polar surface area (TPSA) is 388 Å². The first kappa shape index (κ1) is 69.2. The summed E-state index contributed by atoms with van der Waals surface area (Å²) in [5.41, 5.74) is 0.478. The molecule has 0 spiro atoms. The van der Waals surface area contributed by atoms with Gasteiger partial charge >= 0.3 is 17.9 Å². The van der Waals surface area contributed by atoms with Crippen LogP contribution < -0.4 is 21.3 Å². The van der Waals surface area contributed by atoms with Crippen LogP contribution in [0.5, 0.6) is 0 Å². The molecule has 25 nitrogen and oxygen atoms in total. The summed E-state index contributed by atoms with van der Waals surface area (Å²) in [6.07, 6.45) is -4.15. The molecule has 8 amide bonds. The van der Waals surface area contributed by atoms with Crippen molar-refractivity contribution < 1.29 is 92.0 Å². The Morgan fingerprint density at radius 3 is 1.34 bits per heavy atom. The number of carboxylic acids is 3. The molecular weight excluding hydrogens is 1170 g/mol. The maximum absolute atomic E-state index is 14.2. The lowest BCUT2D eigenvalue weighted by Gasteiger charge is -2.31. The average molecular weight is 1240 g/mol. The van der Waals surface area contributed by atoms with Crippen LogP contribution in [0.2, 0.25) is 0 Å². The number of ketones is 5. The molecule has 90 heavy (non-hydrogen) atoms. The van der Waals surface area contributed by atoms with E-state index in [1.807, 2.05) is 0 Å². The predicted octanol–water partition coefficient (Wildman–Crippen LogP) is 3.73. The van der Waals surface area contributed by atoms with Gasteiger partial charge in [0.15, 0.2) is 28.9 Å². The first-order chi connectivity index (χ1) is 42.4. The molecule has 2 heterocycles. The van der Waals surface area contributed by atoms with Crippen LogP contribution in [0.4, 0.5) is 0 Å². The number of rotatable bonds is 34. The van der Waals surface area contributed by atoms with E-state index in [1.54, 1.807) is 88.4 Å². The lowest BCUT2D eigenvalue weighted by atomic mass is 9.85.